The minimum Gasteiger partial charge on any atom is -0.488 e. The van der Waals surface area contributed by atoms with Crippen molar-refractivity contribution in [3.63, 3.8) is 0 Å². The number of hydrogen-bond acceptors (Lipinski definition) is 1. The van der Waals surface area contributed by atoms with Crippen LogP contribution in [0.25, 0.3) is 0 Å². The lowest BCUT2D eigenvalue weighted by molar-refractivity contribution is -0.946. The Balaban J connectivity index is 1.69. The Morgan fingerprint density at radius 2 is 1.88 bits per heavy atom. The van der Waals surface area contributed by atoms with Gasteiger partial charge in [-0.1, -0.05) is 19.1 Å². The van der Waals surface area contributed by atoms with Crippen molar-refractivity contribution < 1.29 is 15.0 Å². The van der Waals surface area contributed by atoms with Crippen molar-refractivity contribution in [2.24, 2.45) is 0 Å². The molecular weight excluding hydrogens is 212 g/mol. The lowest BCUT2D eigenvalue weighted by Gasteiger charge is -2.22. The van der Waals surface area contributed by atoms with Gasteiger partial charge in [-0.2, -0.15) is 0 Å². The fourth-order valence-corrected chi connectivity index (χ4v) is 2.27. The van der Waals surface area contributed by atoms with E-state index in [2.05, 4.69) is 36.5 Å². The zero-order chi connectivity index (χ0) is 11.9. The van der Waals surface area contributed by atoms with Gasteiger partial charge in [-0.05, 0) is 24.1 Å². The van der Waals surface area contributed by atoms with Gasteiger partial charge in [0.25, 0.3) is 0 Å². The molecule has 0 amide bonds. The van der Waals surface area contributed by atoms with Crippen molar-refractivity contribution >= 4 is 0 Å². The van der Waals surface area contributed by atoms with E-state index in [-0.39, 0.29) is 0 Å². The van der Waals surface area contributed by atoms with Gasteiger partial charge >= 0.3 is 0 Å². The first-order chi connectivity index (χ1) is 8.38. The van der Waals surface area contributed by atoms with Crippen molar-refractivity contribution in [3.8, 4) is 5.75 Å². The molecule has 3 N–H and O–H groups in total. The molecule has 1 saturated heterocycles. The molecule has 1 aromatic carbocycles. The van der Waals surface area contributed by atoms with E-state index in [9.17, 15) is 0 Å². The van der Waals surface area contributed by atoms with Crippen LogP contribution in [0, 0.1) is 0 Å². The van der Waals surface area contributed by atoms with Gasteiger partial charge in [0.1, 0.15) is 45.1 Å². The molecule has 3 nitrogen and oxygen atoms in total. The molecule has 0 bridgehead atoms. The molecule has 0 unspecified atom stereocenters. The highest BCUT2D eigenvalue weighted by atomic mass is 16.5. The van der Waals surface area contributed by atoms with Gasteiger partial charge in [0.05, 0.1) is 0 Å². The summed E-state index contributed by atoms with van der Waals surface area (Å²) in [7, 11) is 0. The third-order valence-electron chi connectivity index (χ3n) is 3.46. The first kappa shape index (κ1) is 12.4. The smallest absolute Gasteiger partial charge is 0.137 e. The minimum absolute atomic E-state index is 0.834. The maximum absolute atomic E-state index is 5.78. The molecule has 1 fully saturated rings. The summed E-state index contributed by atoms with van der Waals surface area (Å²) in [6.07, 6.45) is 1.09. The summed E-state index contributed by atoms with van der Waals surface area (Å²) < 4.78 is 5.78. The SMILES string of the molecule is CCc1ccc(OCC[NH+]2CC[NH2+]CC2)cc1. The molecular formula is C14H24N2O+2. The first-order valence-corrected chi connectivity index (χ1v) is 6.75. The number of aryl methyl sites for hydroxylation is 1. The number of hydrogen-bond donors (Lipinski definition) is 2. The van der Waals surface area contributed by atoms with Gasteiger partial charge in [0.15, 0.2) is 0 Å². The molecule has 2 rings (SSSR count). The fraction of sp³-hybridized carbons (Fsp3) is 0.571. The van der Waals surface area contributed by atoms with Crippen molar-refractivity contribution in [1.29, 1.82) is 0 Å². The van der Waals surface area contributed by atoms with Crippen LogP contribution in [0.5, 0.6) is 5.75 Å². The Bertz CT molecular complexity index is 317. The van der Waals surface area contributed by atoms with E-state index >= 15 is 0 Å². The van der Waals surface area contributed by atoms with Crippen molar-refractivity contribution in [1.82, 2.24) is 0 Å². The van der Waals surface area contributed by atoms with Gasteiger partial charge in [-0.25, -0.2) is 0 Å². The van der Waals surface area contributed by atoms with E-state index < -0.39 is 0 Å². The zero-order valence-electron chi connectivity index (χ0n) is 10.7. The molecule has 0 aliphatic carbocycles. The normalized spacial score (nSPS) is 17.0. The standard InChI is InChI=1S/C14H22N2O/c1-2-13-3-5-14(6-4-13)17-12-11-16-9-7-15-8-10-16/h3-6,15H,2,7-12H2,1H3/p+2. The Hall–Kier alpha value is -1.06. The molecule has 1 aliphatic rings. The van der Waals surface area contributed by atoms with Crippen LogP contribution in [0.15, 0.2) is 24.3 Å². The highest BCUT2D eigenvalue weighted by Crippen LogP contribution is 2.11. The quantitative estimate of drug-likeness (QED) is 0.681. The molecule has 17 heavy (non-hydrogen) atoms. The minimum atomic E-state index is 0.834. The molecule has 0 aromatic heterocycles. The predicted molar refractivity (Wildman–Crippen MR) is 68.5 cm³/mol. The van der Waals surface area contributed by atoms with Crippen LogP contribution in [0.3, 0.4) is 0 Å². The van der Waals surface area contributed by atoms with Gasteiger partial charge < -0.3 is 15.0 Å². The van der Waals surface area contributed by atoms with Crippen LogP contribution < -0.4 is 15.0 Å². The summed E-state index contributed by atoms with van der Waals surface area (Å²) in [6, 6.07) is 8.46. The largest absolute Gasteiger partial charge is 0.488 e. The maximum Gasteiger partial charge on any atom is 0.137 e. The molecule has 94 valence electrons. The van der Waals surface area contributed by atoms with Crippen LogP contribution in [-0.2, 0) is 6.42 Å². The second-order valence-electron chi connectivity index (χ2n) is 4.71. The number of quaternary nitrogens is 2. The van der Waals surface area contributed by atoms with Gasteiger partial charge in [-0.3, -0.25) is 0 Å². The zero-order valence-corrected chi connectivity index (χ0v) is 10.7. The number of rotatable bonds is 5. The second kappa shape index (κ2) is 6.62. The number of piperazine rings is 1. The highest BCUT2D eigenvalue weighted by molar-refractivity contribution is 5.27. The Labute approximate surface area is 104 Å². The molecule has 0 spiro atoms. The Kier molecular flexibility index (Phi) is 4.83. The van der Waals surface area contributed by atoms with E-state index in [1.807, 2.05) is 0 Å². The van der Waals surface area contributed by atoms with E-state index in [4.69, 9.17) is 4.74 Å². The van der Waals surface area contributed by atoms with Gasteiger partial charge in [0.2, 0.25) is 0 Å². The molecule has 1 heterocycles. The molecule has 0 atom stereocenters. The molecule has 1 aliphatic heterocycles. The summed E-state index contributed by atoms with van der Waals surface area (Å²) in [4.78, 5) is 1.68. The number of benzene rings is 1. The summed E-state index contributed by atoms with van der Waals surface area (Å²) >= 11 is 0. The molecule has 1 aromatic rings. The second-order valence-corrected chi connectivity index (χ2v) is 4.71. The summed E-state index contributed by atoms with van der Waals surface area (Å²) in [5.41, 5.74) is 1.37. The van der Waals surface area contributed by atoms with Crippen molar-refractivity contribution in [2.45, 2.75) is 13.3 Å². The maximum atomic E-state index is 5.78. The van der Waals surface area contributed by atoms with E-state index in [1.165, 1.54) is 31.7 Å². The van der Waals surface area contributed by atoms with Crippen LogP contribution in [0.2, 0.25) is 0 Å². The van der Waals surface area contributed by atoms with Crippen LogP contribution >= 0.6 is 0 Å². The Morgan fingerprint density at radius 1 is 1.18 bits per heavy atom. The number of ether oxygens (including phenoxy) is 1. The molecule has 3 heteroatoms. The van der Waals surface area contributed by atoms with Crippen LogP contribution in [0.4, 0.5) is 0 Å². The predicted octanol–water partition coefficient (Wildman–Crippen LogP) is -0.910. The number of nitrogens with one attached hydrogen (secondary N) is 1. The van der Waals surface area contributed by atoms with E-state index in [0.29, 0.717) is 0 Å². The van der Waals surface area contributed by atoms with Gasteiger partial charge in [0, 0.05) is 0 Å². The summed E-state index contributed by atoms with van der Waals surface area (Å²) in [5.74, 6) is 1.00. The first-order valence-electron chi connectivity index (χ1n) is 6.75. The van der Waals surface area contributed by atoms with E-state index in [1.54, 1.807) is 4.90 Å². The summed E-state index contributed by atoms with van der Waals surface area (Å²) in [5, 5.41) is 2.40. The fourth-order valence-electron chi connectivity index (χ4n) is 2.27. The Morgan fingerprint density at radius 3 is 2.53 bits per heavy atom. The van der Waals surface area contributed by atoms with Crippen LogP contribution in [0.1, 0.15) is 12.5 Å². The number of nitrogens with two attached hydrogens (primary N) is 1. The van der Waals surface area contributed by atoms with E-state index in [0.717, 1.165) is 25.3 Å². The third kappa shape index (κ3) is 4.02. The molecule has 0 radical (unpaired) electrons. The topological polar surface area (TPSA) is 30.3 Å². The highest BCUT2D eigenvalue weighted by Gasteiger charge is 2.14. The lowest BCUT2D eigenvalue weighted by atomic mass is 10.2. The van der Waals surface area contributed by atoms with Crippen molar-refractivity contribution in [2.75, 3.05) is 39.3 Å². The van der Waals surface area contributed by atoms with Crippen LogP contribution in [-0.4, -0.2) is 39.3 Å². The lowest BCUT2D eigenvalue weighted by Crippen LogP contribution is -3.20. The monoisotopic (exact) mass is 236 g/mol. The van der Waals surface area contributed by atoms with Gasteiger partial charge in [-0.15, -0.1) is 0 Å². The average molecular weight is 236 g/mol. The van der Waals surface area contributed by atoms with Crippen molar-refractivity contribution in [3.05, 3.63) is 29.8 Å². The third-order valence-corrected chi connectivity index (χ3v) is 3.46. The summed E-state index contributed by atoms with van der Waals surface area (Å²) in [6.45, 7) is 9.22. The average Bonchev–Trinajstić information content (AvgIpc) is 2.41. The molecule has 0 saturated carbocycles.